The van der Waals surface area contributed by atoms with E-state index in [9.17, 15) is 0 Å². The number of nitrogens with one attached hydrogen (secondary N) is 1. The van der Waals surface area contributed by atoms with Crippen molar-refractivity contribution in [1.82, 2.24) is 4.98 Å². The third-order valence-electron chi connectivity index (χ3n) is 3.37. The first-order valence-corrected chi connectivity index (χ1v) is 6.10. The van der Waals surface area contributed by atoms with E-state index in [2.05, 4.69) is 47.6 Å². The summed E-state index contributed by atoms with van der Waals surface area (Å²) in [5.74, 6) is 0.978. The van der Waals surface area contributed by atoms with E-state index in [1.807, 2.05) is 12.3 Å². The number of anilines is 1. The molecule has 2 nitrogen and oxygen atoms in total. The molecule has 1 heterocycles. The molecule has 0 aliphatic heterocycles. The average molecular weight is 224 g/mol. The van der Waals surface area contributed by atoms with Crippen LogP contribution < -0.4 is 5.32 Å². The summed E-state index contributed by atoms with van der Waals surface area (Å²) < 4.78 is 0. The fraction of sp³-hybridized carbons (Fsp3) is 0.267. The molecule has 0 amide bonds. The molecular formula is C15H16N2. The van der Waals surface area contributed by atoms with Crippen molar-refractivity contribution in [3.63, 3.8) is 0 Å². The molecule has 3 rings (SSSR count). The fourth-order valence-electron chi connectivity index (χ4n) is 2.50. The summed E-state index contributed by atoms with van der Waals surface area (Å²) in [5.41, 5.74) is 4.14. The van der Waals surface area contributed by atoms with Crippen molar-refractivity contribution >= 4 is 5.82 Å². The van der Waals surface area contributed by atoms with Gasteiger partial charge in [-0.15, -0.1) is 0 Å². The first kappa shape index (κ1) is 10.3. The molecule has 0 spiro atoms. The molecule has 2 heteroatoms. The highest BCUT2D eigenvalue weighted by Gasteiger charge is 2.21. The molecule has 0 fully saturated rings. The van der Waals surface area contributed by atoms with E-state index in [-0.39, 0.29) is 0 Å². The minimum absolute atomic E-state index is 0.417. The largest absolute Gasteiger partial charge is 0.363 e. The van der Waals surface area contributed by atoms with Crippen molar-refractivity contribution in [3.05, 3.63) is 59.3 Å². The van der Waals surface area contributed by atoms with Gasteiger partial charge in [-0.25, -0.2) is 4.98 Å². The maximum absolute atomic E-state index is 4.36. The summed E-state index contributed by atoms with van der Waals surface area (Å²) in [4.78, 5) is 4.36. The van der Waals surface area contributed by atoms with Gasteiger partial charge in [0, 0.05) is 6.20 Å². The first-order valence-electron chi connectivity index (χ1n) is 6.10. The third kappa shape index (κ3) is 2.03. The molecule has 0 unspecified atom stereocenters. The Balaban J connectivity index is 1.84. The second kappa shape index (κ2) is 4.21. The molecule has 0 saturated heterocycles. The van der Waals surface area contributed by atoms with Crippen LogP contribution in [0, 0.1) is 6.92 Å². The van der Waals surface area contributed by atoms with Crippen LogP contribution in [0.4, 0.5) is 5.82 Å². The van der Waals surface area contributed by atoms with Gasteiger partial charge in [0.1, 0.15) is 5.82 Å². The Morgan fingerprint density at radius 3 is 3.00 bits per heavy atom. The molecule has 1 aromatic heterocycles. The Labute approximate surface area is 102 Å². The first-order chi connectivity index (χ1) is 8.33. The van der Waals surface area contributed by atoms with Crippen LogP contribution in [-0.2, 0) is 6.42 Å². The van der Waals surface area contributed by atoms with Gasteiger partial charge in [-0.1, -0.05) is 24.3 Å². The van der Waals surface area contributed by atoms with Crippen LogP contribution in [0.2, 0.25) is 0 Å². The highest BCUT2D eigenvalue weighted by molar-refractivity contribution is 5.44. The van der Waals surface area contributed by atoms with E-state index >= 15 is 0 Å². The van der Waals surface area contributed by atoms with Crippen LogP contribution in [0.1, 0.15) is 29.2 Å². The van der Waals surface area contributed by atoms with E-state index in [1.165, 1.54) is 23.1 Å². The van der Waals surface area contributed by atoms with Crippen LogP contribution in [-0.4, -0.2) is 4.98 Å². The van der Waals surface area contributed by atoms with E-state index in [0.717, 1.165) is 12.2 Å². The van der Waals surface area contributed by atoms with Crippen molar-refractivity contribution < 1.29 is 0 Å². The van der Waals surface area contributed by atoms with Crippen LogP contribution in [0.5, 0.6) is 0 Å². The predicted octanol–water partition coefficient (Wildman–Crippen LogP) is 3.49. The molecule has 2 aromatic rings. The standard InChI is InChI=1S/C15H16N2/c1-11-8-9-16-15(10-11)17-14-7-6-12-4-2-3-5-13(12)14/h2-5,8-10,14H,6-7H2,1H3,(H,16,17)/t14-/m1/s1. The summed E-state index contributed by atoms with van der Waals surface area (Å²) in [6.07, 6.45) is 4.19. The van der Waals surface area contributed by atoms with Gasteiger partial charge in [0.05, 0.1) is 6.04 Å². The minimum Gasteiger partial charge on any atom is -0.363 e. The van der Waals surface area contributed by atoms with Crippen molar-refractivity contribution in [2.45, 2.75) is 25.8 Å². The Kier molecular flexibility index (Phi) is 2.56. The number of hydrogen-bond donors (Lipinski definition) is 1. The van der Waals surface area contributed by atoms with Crippen LogP contribution in [0.15, 0.2) is 42.6 Å². The van der Waals surface area contributed by atoms with E-state index < -0.39 is 0 Å². The molecule has 0 radical (unpaired) electrons. The van der Waals surface area contributed by atoms with Gasteiger partial charge >= 0.3 is 0 Å². The Hall–Kier alpha value is -1.83. The lowest BCUT2D eigenvalue weighted by Crippen LogP contribution is -2.08. The quantitative estimate of drug-likeness (QED) is 0.844. The number of pyridine rings is 1. The fourth-order valence-corrected chi connectivity index (χ4v) is 2.50. The lowest BCUT2D eigenvalue weighted by Gasteiger charge is -2.14. The molecule has 0 bridgehead atoms. The van der Waals surface area contributed by atoms with Crippen LogP contribution in [0.25, 0.3) is 0 Å². The molecule has 1 atom stereocenters. The summed E-state index contributed by atoms with van der Waals surface area (Å²) in [6.45, 7) is 2.09. The lowest BCUT2D eigenvalue weighted by molar-refractivity contribution is 0.757. The topological polar surface area (TPSA) is 24.9 Å². The molecule has 0 saturated carbocycles. The highest BCUT2D eigenvalue weighted by atomic mass is 15.0. The number of hydrogen-bond acceptors (Lipinski definition) is 2. The van der Waals surface area contributed by atoms with Gasteiger partial charge < -0.3 is 5.32 Å². The third-order valence-corrected chi connectivity index (χ3v) is 3.37. The SMILES string of the molecule is Cc1ccnc(N[C@@H]2CCc3ccccc32)c1. The van der Waals surface area contributed by atoms with Crippen molar-refractivity contribution in [2.24, 2.45) is 0 Å². The Morgan fingerprint density at radius 2 is 2.12 bits per heavy atom. The zero-order valence-electron chi connectivity index (χ0n) is 9.98. The van der Waals surface area contributed by atoms with Gasteiger partial charge in [0.15, 0.2) is 0 Å². The van der Waals surface area contributed by atoms with E-state index in [0.29, 0.717) is 6.04 Å². The van der Waals surface area contributed by atoms with Crippen LogP contribution in [0.3, 0.4) is 0 Å². The van der Waals surface area contributed by atoms with Gasteiger partial charge in [-0.3, -0.25) is 0 Å². The summed E-state index contributed by atoms with van der Waals surface area (Å²) in [6, 6.07) is 13.2. The van der Waals surface area contributed by atoms with Gasteiger partial charge in [0.2, 0.25) is 0 Å². The van der Waals surface area contributed by atoms with Crippen molar-refractivity contribution in [3.8, 4) is 0 Å². The van der Waals surface area contributed by atoms with Crippen molar-refractivity contribution in [1.29, 1.82) is 0 Å². The summed E-state index contributed by atoms with van der Waals surface area (Å²) in [7, 11) is 0. The molecular weight excluding hydrogens is 208 g/mol. The monoisotopic (exact) mass is 224 g/mol. The number of aromatic nitrogens is 1. The van der Waals surface area contributed by atoms with Gasteiger partial charge in [-0.05, 0) is 48.6 Å². The number of aryl methyl sites for hydroxylation is 2. The Bertz CT molecular complexity index is 534. The molecule has 1 N–H and O–H groups in total. The normalized spacial score (nSPS) is 17.8. The minimum atomic E-state index is 0.417. The second-order valence-electron chi connectivity index (χ2n) is 4.65. The van der Waals surface area contributed by atoms with Gasteiger partial charge in [-0.2, -0.15) is 0 Å². The average Bonchev–Trinajstić information content (AvgIpc) is 2.73. The zero-order valence-corrected chi connectivity index (χ0v) is 9.98. The smallest absolute Gasteiger partial charge is 0.126 e. The highest BCUT2D eigenvalue weighted by Crippen LogP contribution is 2.33. The molecule has 1 aliphatic carbocycles. The predicted molar refractivity (Wildman–Crippen MR) is 70.1 cm³/mol. The number of benzene rings is 1. The number of rotatable bonds is 2. The van der Waals surface area contributed by atoms with E-state index in [1.54, 1.807) is 0 Å². The number of nitrogens with zero attached hydrogens (tertiary/aromatic N) is 1. The Morgan fingerprint density at radius 1 is 1.24 bits per heavy atom. The zero-order chi connectivity index (χ0) is 11.7. The second-order valence-corrected chi connectivity index (χ2v) is 4.65. The molecule has 1 aliphatic rings. The molecule has 86 valence electrons. The van der Waals surface area contributed by atoms with Crippen molar-refractivity contribution in [2.75, 3.05) is 5.32 Å². The van der Waals surface area contributed by atoms with Crippen LogP contribution >= 0.6 is 0 Å². The maximum Gasteiger partial charge on any atom is 0.126 e. The number of fused-ring (bicyclic) bond motifs is 1. The summed E-state index contributed by atoms with van der Waals surface area (Å²) in [5, 5.41) is 3.53. The molecule has 1 aromatic carbocycles. The lowest BCUT2D eigenvalue weighted by atomic mass is 10.1. The summed E-state index contributed by atoms with van der Waals surface area (Å²) >= 11 is 0. The molecule has 17 heavy (non-hydrogen) atoms. The van der Waals surface area contributed by atoms with Gasteiger partial charge in [0.25, 0.3) is 0 Å². The maximum atomic E-state index is 4.36. The van der Waals surface area contributed by atoms with E-state index in [4.69, 9.17) is 0 Å².